The molecular formula is C30H30N4O3S. The van der Waals surface area contributed by atoms with Crippen molar-refractivity contribution in [1.82, 2.24) is 15.3 Å². The van der Waals surface area contributed by atoms with Crippen molar-refractivity contribution < 1.29 is 14.0 Å². The molecule has 8 heteroatoms. The summed E-state index contributed by atoms with van der Waals surface area (Å²) in [7, 11) is 0. The fraction of sp³-hybridized carbons (Fsp3) is 0.233. The predicted octanol–water partition coefficient (Wildman–Crippen LogP) is 6.60. The Labute approximate surface area is 226 Å². The maximum absolute atomic E-state index is 6.35. The summed E-state index contributed by atoms with van der Waals surface area (Å²) < 4.78 is 12.6. The van der Waals surface area contributed by atoms with E-state index in [0.717, 1.165) is 57.4 Å². The van der Waals surface area contributed by atoms with Crippen molar-refractivity contribution in [3.8, 4) is 11.5 Å². The van der Waals surface area contributed by atoms with Crippen molar-refractivity contribution in [2.24, 2.45) is 5.16 Å². The fourth-order valence-corrected chi connectivity index (χ4v) is 4.95. The summed E-state index contributed by atoms with van der Waals surface area (Å²) >= 11 is 1.57. The van der Waals surface area contributed by atoms with Gasteiger partial charge in [0.1, 0.15) is 16.3 Å². The number of benzene rings is 2. The van der Waals surface area contributed by atoms with Crippen LogP contribution in [0.1, 0.15) is 38.9 Å². The monoisotopic (exact) mass is 526 g/mol. The summed E-state index contributed by atoms with van der Waals surface area (Å²) in [6.07, 6.45) is 4.53. The Kier molecular flexibility index (Phi) is 8.11. The highest BCUT2D eigenvalue weighted by Gasteiger charge is 2.24. The van der Waals surface area contributed by atoms with Gasteiger partial charge in [0.05, 0.1) is 17.7 Å². The van der Waals surface area contributed by atoms with Crippen molar-refractivity contribution in [2.75, 3.05) is 13.2 Å². The molecule has 0 aliphatic heterocycles. The van der Waals surface area contributed by atoms with Gasteiger partial charge in [0.2, 0.25) is 0 Å². The third-order valence-corrected chi connectivity index (χ3v) is 7.23. The van der Waals surface area contributed by atoms with E-state index in [9.17, 15) is 0 Å². The number of nitrogens with one attached hydrogen (secondary N) is 1. The summed E-state index contributed by atoms with van der Waals surface area (Å²) in [6.45, 7) is 8.29. The second-order valence-electron chi connectivity index (χ2n) is 8.93. The van der Waals surface area contributed by atoms with E-state index in [1.807, 2.05) is 74.6 Å². The highest BCUT2D eigenvalue weighted by Crippen LogP contribution is 2.35. The number of thiazole rings is 1. The van der Waals surface area contributed by atoms with Crippen LogP contribution >= 0.6 is 11.3 Å². The number of hydrogen-bond donors (Lipinski definition) is 1. The molecule has 0 spiro atoms. The number of oxime groups is 1. The van der Waals surface area contributed by atoms with Crippen molar-refractivity contribution in [2.45, 2.75) is 33.7 Å². The molecule has 0 saturated heterocycles. The van der Waals surface area contributed by atoms with Crippen LogP contribution in [-0.2, 0) is 6.54 Å². The Bertz CT molecular complexity index is 1510. The molecule has 0 radical (unpaired) electrons. The van der Waals surface area contributed by atoms with E-state index >= 15 is 0 Å². The molecule has 2 aromatic carbocycles. The smallest absolute Gasteiger partial charge is 0.182 e. The molecule has 0 saturated carbocycles. The summed E-state index contributed by atoms with van der Waals surface area (Å²) in [5.74, 6) is 2.06. The molecule has 0 fully saturated rings. The molecule has 38 heavy (non-hydrogen) atoms. The van der Waals surface area contributed by atoms with Crippen LogP contribution in [0.4, 0.5) is 0 Å². The van der Waals surface area contributed by atoms with E-state index in [0.29, 0.717) is 23.8 Å². The van der Waals surface area contributed by atoms with Crippen LogP contribution in [0, 0.1) is 20.8 Å². The molecule has 194 valence electrons. The number of nitrogens with zero attached hydrogens (tertiary/aromatic N) is 3. The van der Waals surface area contributed by atoms with Gasteiger partial charge in [-0.1, -0.05) is 35.5 Å². The number of rotatable bonds is 11. The normalized spacial score (nSPS) is 11.7. The zero-order valence-electron chi connectivity index (χ0n) is 21.7. The van der Waals surface area contributed by atoms with Gasteiger partial charge in [-0.15, -0.1) is 11.3 Å². The molecule has 0 bridgehead atoms. The third kappa shape index (κ3) is 5.93. The number of furan rings is 1. The zero-order valence-corrected chi connectivity index (χ0v) is 22.5. The average molecular weight is 527 g/mol. The van der Waals surface area contributed by atoms with Crippen LogP contribution in [0.5, 0.6) is 11.5 Å². The van der Waals surface area contributed by atoms with Crippen LogP contribution in [0.3, 0.4) is 0 Å². The molecule has 0 atom stereocenters. The topological polar surface area (TPSA) is 81.8 Å². The van der Waals surface area contributed by atoms with Gasteiger partial charge < -0.3 is 19.3 Å². The fourth-order valence-electron chi connectivity index (χ4n) is 4.06. The van der Waals surface area contributed by atoms with Crippen LogP contribution < -0.4 is 14.9 Å². The first kappa shape index (κ1) is 25.6. The molecular weight excluding hydrogens is 496 g/mol. The maximum Gasteiger partial charge on any atom is 0.182 e. The maximum atomic E-state index is 6.35. The van der Waals surface area contributed by atoms with Gasteiger partial charge in [-0.3, -0.25) is 4.98 Å². The number of para-hydroxylation sites is 1. The lowest BCUT2D eigenvalue weighted by Gasteiger charge is -2.09. The van der Waals surface area contributed by atoms with Gasteiger partial charge in [-0.2, -0.15) is 0 Å². The highest BCUT2D eigenvalue weighted by molar-refractivity contribution is 7.14. The van der Waals surface area contributed by atoms with Crippen LogP contribution in [0.25, 0.3) is 11.0 Å². The Morgan fingerprint density at radius 1 is 1.03 bits per heavy atom. The second kappa shape index (κ2) is 12.0. The zero-order chi connectivity index (χ0) is 26.3. The Morgan fingerprint density at radius 2 is 1.89 bits per heavy atom. The van der Waals surface area contributed by atoms with Gasteiger partial charge in [-0.05, 0) is 69.6 Å². The highest BCUT2D eigenvalue weighted by atomic mass is 32.1. The number of pyridine rings is 1. The number of aryl methyl sites for hydroxylation is 3. The van der Waals surface area contributed by atoms with Crippen LogP contribution in [-0.4, -0.2) is 28.8 Å². The minimum absolute atomic E-state index is 0.564. The molecule has 5 aromatic rings. The quantitative estimate of drug-likeness (QED) is 0.119. The van der Waals surface area contributed by atoms with Crippen LogP contribution in [0.2, 0.25) is 0 Å². The molecule has 0 aliphatic rings. The van der Waals surface area contributed by atoms with E-state index in [2.05, 4.69) is 28.4 Å². The average Bonchev–Trinajstić information content (AvgIpc) is 3.46. The van der Waals surface area contributed by atoms with E-state index in [4.69, 9.17) is 19.0 Å². The van der Waals surface area contributed by atoms with Crippen molar-refractivity contribution in [3.63, 3.8) is 0 Å². The van der Waals surface area contributed by atoms with Gasteiger partial charge in [0.15, 0.2) is 17.2 Å². The van der Waals surface area contributed by atoms with Gasteiger partial charge in [-0.25, -0.2) is 4.98 Å². The summed E-state index contributed by atoms with van der Waals surface area (Å²) in [4.78, 5) is 15.8. The first-order chi connectivity index (χ1) is 18.6. The van der Waals surface area contributed by atoms with Crippen molar-refractivity contribution >= 4 is 28.0 Å². The van der Waals surface area contributed by atoms with Gasteiger partial charge in [0, 0.05) is 29.4 Å². The number of ether oxygens (including phenoxy) is 1. The van der Waals surface area contributed by atoms with Crippen molar-refractivity contribution in [1.29, 1.82) is 0 Å². The predicted molar refractivity (Wildman–Crippen MR) is 151 cm³/mol. The molecule has 0 amide bonds. The molecule has 0 unspecified atom stereocenters. The molecule has 1 N–H and O–H groups in total. The number of fused-ring (bicyclic) bond motifs is 1. The van der Waals surface area contributed by atoms with Crippen LogP contribution in [0.15, 0.2) is 82.6 Å². The van der Waals surface area contributed by atoms with Gasteiger partial charge >= 0.3 is 0 Å². The summed E-state index contributed by atoms with van der Waals surface area (Å²) in [5, 5.41) is 9.63. The van der Waals surface area contributed by atoms with E-state index in [-0.39, 0.29) is 0 Å². The lowest BCUT2D eigenvalue weighted by molar-refractivity contribution is 0.311. The lowest BCUT2D eigenvalue weighted by Crippen LogP contribution is -2.17. The largest absolute Gasteiger partial charge is 0.493 e. The molecule has 5 rings (SSSR count). The third-order valence-electron chi connectivity index (χ3n) is 6.15. The molecule has 0 aliphatic carbocycles. The second-order valence-corrected chi connectivity index (χ2v) is 10.1. The standard InChI is InChI=1S/C30H30N4O3S/c1-20-27-25(35-17-9-16-32-19-23-10-8-15-31-18-23)13-7-14-26(27)36-29(20)28(30-33-21(2)22(3)38-30)34-37-24-11-5-4-6-12-24/h4-8,10-15,18,32H,9,16-17,19H2,1-3H3. The number of aromatic nitrogens is 2. The van der Waals surface area contributed by atoms with Crippen molar-refractivity contribution in [3.05, 3.63) is 106 Å². The van der Waals surface area contributed by atoms with Gasteiger partial charge in [0.25, 0.3) is 0 Å². The Hall–Kier alpha value is -4.01. The minimum Gasteiger partial charge on any atom is -0.493 e. The first-order valence-corrected chi connectivity index (χ1v) is 13.4. The number of hydrogen-bond acceptors (Lipinski definition) is 8. The summed E-state index contributed by atoms with van der Waals surface area (Å²) in [5.41, 5.74) is 4.37. The first-order valence-electron chi connectivity index (χ1n) is 12.6. The lowest BCUT2D eigenvalue weighted by atomic mass is 10.1. The van der Waals surface area contributed by atoms with E-state index in [1.165, 1.54) is 5.56 Å². The Morgan fingerprint density at radius 3 is 2.66 bits per heavy atom. The summed E-state index contributed by atoms with van der Waals surface area (Å²) in [6, 6.07) is 19.4. The molecule has 3 aromatic heterocycles. The molecule has 7 nitrogen and oxygen atoms in total. The van der Waals surface area contributed by atoms with E-state index < -0.39 is 0 Å². The Balaban J connectivity index is 1.35. The SMILES string of the molecule is Cc1nc(C(=NOc2ccccc2)c2oc3cccc(OCCCNCc4cccnc4)c3c2C)sc1C. The minimum atomic E-state index is 0.564. The van der Waals surface area contributed by atoms with E-state index in [1.54, 1.807) is 17.5 Å². The molecule has 3 heterocycles.